The normalized spacial score (nSPS) is 33.2. The number of hydrogen-bond donors (Lipinski definition) is 0. The molecule has 1 nitrogen and oxygen atoms in total. The van der Waals surface area contributed by atoms with Crippen molar-refractivity contribution in [3.63, 3.8) is 0 Å². The van der Waals surface area contributed by atoms with Crippen molar-refractivity contribution in [3.05, 3.63) is 0 Å². The average molecular weight is 223 g/mol. The average Bonchev–Trinajstić information content (AvgIpc) is 2.31. The van der Waals surface area contributed by atoms with Gasteiger partial charge in [-0.15, -0.1) is 0 Å². The smallest absolute Gasteiger partial charge is 0.000966 e. The van der Waals surface area contributed by atoms with Crippen molar-refractivity contribution in [1.29, 1.82) is 0 Å². The minimum absolute atomic E-state index is 0.913. The summed E-state index contributed by atoms with van der Waals surface area (Å²) in [7, 11) is 0. The van der Waals surface area contributed by atoms with Crippen LogP contribution in [0.5, 0.6) is 0 Å². The molecule has 16 heavy (non-hydrogen) atoms. The highest BCUT2D eigenvalue weighted by Crippen LogP contribution is 2.33. The molecule has 0 aromatic rings. The second kappa shape index (κ2) is 6.05. The fraction of sp³-hybridized carbons (Fsp3) is 1.00. The van der Waals surface area contributed by atoms with Crippen molar-refractivity contribution in [3.8, 4) is 0 Å². The lowest BCUT2D eigenvalue weighted by molar-refractivity contribution is 0.147. The number of hydrogen-bond acceptors (Lipinski definition) is 1. The Morgan fingerprint density at radius 2 is 1.56 bits per heavy atom. The van der Waals surface area contributed by atoms with Crippen LogP contribution in [-0.2, 0) is 0 Å². The first-order valence-electron chi connectivity index (χ1n) is 7.48. The van der Waals surface area contributed by atoms with Gasteiger partial charge in [-0.05, 0) is 69.4 Å². The fourth-order valence-corrected chi connectivity index (χ4v) is 3.54. The van der Waals surface area contributed by atoms with Gasteiger partial charge in [-0.2, -0.15) is 0 Å². The van der Waals surface area contributed by atoms with Gasteiger partial charge in [0.2, 0.25) is 0 Å². The van der Waals surface area contributed by atoms with Crippen LogP contribution in [0.2, 0.25) is 0 Å². The Balaban J connectivity index is 1.68. The molecule has 2 rings (SSSR count). The SMILES string of the molecule is CC(C)C1CCC(CN2CCCCC2)CC1. The van der Waals surface area contributed by atoms with Gasteiger partial charge in [-0.3, -0.25) is 0 Å². The molecule has 0 atom stereocenters. The van der Waals surface area contributed by atoms with E-state index in [0.717, 1.165) is 17.8 Å². The maximum absolute atomic E-state index is 2.73. The summed E-state index contributed by atoms with van der Waals surface area (Å²) >= 11 is 0. The quantitative estimate of drug-likeness (QED) is 0.700. The van der Waals surface area contributed by atoms with Crippen LogP contribution in [0.15, 0.2) is 0 Å². The number of rotatable bonds is 3. The molecule has 0 aromatic heterocycles. The molecule has 1 saturated heterocycles. The van der Waals surface area contributed by atoms with Gasteiger partial charge in [0.15, 0.2) is 0 Å². The predicted octanol–water partition coefficient (Wildman–Crippen LogP) is 3.93. The lowest BCUT2D eigenvalue weighted by atomic mass is 9.77. The molecular weight excluding hydrogens is 194 g/mol. The van der Waals surface area contributed by atoms with Crippen molar-refractivity contribution in [2.75, 3.05) is 19.6 Å². The van der Waals surface area contributed by atoms with Crippen molar-refractivity contribution in [1.82, 2.24) is 4.90 Å². The molecule has 1 aliphatic carbocycles. The first-order chi connectivity index (χ1) is 7.75. The third kappa shape index (κ3) is 3.48. The van der Waals surface area contributed by atoms with E-state index >= 15 is 0 Å². The Bertz CT molecular complexity index is 186. The fourth-order valence-electron chi connectivity index (χ4n) is 3.54. The van der Waals surface area contributed by atoms with E-state index in [4.69, 9.17) is 0 Å². The van der Waals surface area contributed by atoms with Crippen molar-refractivity contribution >= 4 is 0 Å². The third-order valence-electron chi connectivity index (χ3n) is 4.80. The van der Waals surface area contributed by atoms with Gasteiger partial charge in [0.25, 0.3) is 0 Å². The van der Waals surface area contributed by atoms with Crippen LogP contribution in [0.1, 0.15) is 58.8 Å². The summed E-state index contributed by atoms with van der Waals surface area (Å²) in [5, 5.41) is 0. The molecule has 0 unspecified atom stereocenters. The van der Waals surface area contributed by atoms with Gasteiger partial charge in [0.1, 0.15) is 0 Å². The topological polar surface area (TPSA) is 3.24 Å². The molecule has 0 bridgehead atoms. The molecule has 1 heterocycles. The molecule has 94 valence electrons. The van der Waals surface area contributed by atoms with E-state index in [1.165, 1.54) is 64.6 Å². The molecule has 0 N–H and O–H groups in total. The number of likely N-dealkylation sites (tertiary alicyclic amines) is 1. The Morgan fingerprint density at radius 3 is 2.12 bits per heavy atom. The van der Waals surface area contributed by atoms with Crippen LogP contribution in [0.25, 0.3) is 0 Å². The summed E-state index contributed by atoms with van der Waals surface area (Å²) in [5.74, 6) is 2.96. The van der Waals surface area contributed by atoms with Crippen molar-refractivity contribution in [2.45, 2.75) is 58.8 Å². The summed E-state index contributed by atoms with van der Waals surface area (Å²) in [5.41, 5.74) is 0. The first-order valence-corrected chi connectivity index (χ1v) is 7.48. The Labute approximate surface area is 102 Å². The van der Waals surface area contributed by atoms with Crippen LogP contribution in [0, 0.1) is 17.8 Å². The minimum atomic E-state index is 0.913. The van der Waals surface area contributed by atoms with Gasteiger partial charge in [0, 0.05) is 6.54 Å². The molecule has 1 heteroatoms. The highest BCUT2D eigenvalue weighted by Gasteiger charge is 2.24. The van der Waals surface area contributed by atoms with Crippen LogP contribution in [-0.4, -0.2) is 24.5 Å². The highest BCUT2D eigenvalue weighted by molar-refractivity contribution is 4.77. The number of nitrogens with zero attached hydrogens (tertiary/aromatic N) is 1. The molecular formula is C15H29N. The zero-order chi connectivity index (χ0) is 11.4. The lowest BCUT2D eigenvalue weighted by Gasteiger charge is -2.35. The lowest BCUT2D eigenvalue weighted by Crippen LogP contribution is -2.35. The molecule has 2 aliphatic rings. The number of piperidine rings is 1. The highest BCUT2D eigenvalue weighted by atomic mass is 15.1. The molecule has 0 amide bonds. The van der Waals surface area contributed by atoms with Crippen LogP contribution < -0.4 is 0 Å². The van der Waals surface area contributed by atoms with Gasteiger partial charge in [-0.25, -0.2) is 0 Å². The van der Waals surface area contributed by atoms with Gasteiger partial charge in [-0.1, -0.05) is 20.3 Å². The summed E-state index contributed by atoms with van der Waals surface area (Å²) in [6.45, 7) is 8.96. The zero-order valence-electron chi connectivity index (χ0n) is 11.3. The standard InChI is InChI=1S/C15H29N/c1-13(2)15-8-6-14(7-9-15)12-16-10-4-3-5-11-16/h13-15H,3-12H2,1-2H3. The monoisotopic (exact) mass is 223 g/mol. The van der Waals surface area contributed by atoms with E-state index in [0.29, 0.717) is 0 Å². The molecule has 1 saturated carbocycles. The molecule has 1 aliphatic heterocycles. The maximum atomic E-state index is 2.73. The third-order valence-corrected chi connectivity index (χ3v) is 4.80. The summed E-state index contributed by atoms with van der Waals surface area (Å²) < 4.78 is 0. The second-order valence-corrected chi connectivity index (χ2v) is 6.39. The largest absolute Gasteiger partial charge is 0.303 e. The maximum Gasteiger partial charge on any atom is 0.000966 e. The zero-order valence-corrected chi connectivity index (χ0v) is 11.3. The second-order valence-electron chi connectivity index (χ2n) is 6.39. The first kappa shape index (κ1) is 12.4. The van der Waals surface area contributed by atoms with Crippen molar-refractivity contribution in [2.24, 2.45) is 17.8 Å². The predicted molar refractivity (Wildman–Crippen MR) is 70.6 cm³/mol. The van der Waals surface area contributed by atoms with Gasteiger partial charge >= 0.3 is 0 Å². The van der Waals surface area contributed by atoms with E-state index in [2.05, 4.69) is 18.7 Å². The Morgan fingerprint density at radius 1 is 0.938 bits per heavy atom. The minimum Gasteiger partial charge on any atom is -0.303 e. The van der Waals surface area contributed by atoms with E-state index in [1.807, 2.05) is 0 Å². The Kier molecular flexibility index (Phi) is 4.69. The van der Waals surface area contributed by atoms with Gasteiger partial charge in [0.05, 0.1) is 0 Å². The van der Waals surface area contributed by atoms with E-state index < -0.39 is 0 Å². The van der Waals surface area contributed by atoms with E-state index in [9.17, 15) is 0 Å². The molecule has 0 radical (unpaired) electrons. The van der Waals surface area contributed by atoms with Crippen LogP contribution >= 0.6 is 0 Å². The van der Waals surface area contributed by atoms with Crippen LogP contribution in [0.3, 0.4) is 0 Å². The van der Waals surface area contributed by atoms with E-state index in [-0.39, 0.29) is 0 Å². The molecule has 0 spiro atoms. The van der Waals surface area contributed by atoms with Crippen molar-refractivity contribution < 1.29 is 0 Å². The molecule has 0 aromatic carbocycles. The summed E-state index contributed by atoms with van der Waals surface area (Å²) in [6, 6.07) is 0. The summed E-state index contributed by atoms with van der Waals surface area (Å²) in [4.78, 5) is 2.73. The Hall–Kier alpha value is -0.0400. The molecule has 2 fully saturated rings. The summed E-state index contributed by atoms with van der Waals surface area (Å²) in [6.07, 6.45) is 10.4. The van der Waals surface area contributed by atoms with E-state index in [1.54, 1.807) is 0 Å². The van der Waals surface area contributed by atoms with Gasteiger partial charge < -0.3 is 4.90 Å². The van der Waals surface area contributed by atoms with Crippen LogP contribution in [0.4, 0.5) is 0 Å².